The fourth-order valence-electron chi connectivity index (χ4n) is 1.66. The van der Waals surface area contributed by atoms with Gasteiger partial charge in [0.15, 0.2) is 0 Å². The Labute approximate surface area is 117 Å². The smallest absolute Gasteiger partial charge is 0.240 e. The second-order valence-electron chi connectivity index (χ2n) is 4.11. The van der Waals surface area contributed by atoms with E-state index in [0.717, 1.165) is 16.9 Å². The van der Waals surface area contributed by atoms with Gasteiger partial charge in [-0.3, -0.25) is 4.98 Å². The predicted molar refractivity (Wildman–Crippen MR) is 76.8 cm³/mol. The van der Waals surface area contributed by atoms with E-state index in [-0.39, 0.29) is 0 Å². The van der Waals surface area contributed by atoms with Gasteiger partial charge in [-0.1, -0.05) is 19.1 Å². The number of sulfonamides is 1. The minimum atomic E-state index is -3.40. The Hall–Kier alpha value is -1.24. The van der Waals surface area contributed by atoms with Crippen LogP contribution in [0, 0.1) is 0 Å². The van der Waals surface area contributed by atoms with E-state index in [1.807, 2.05) is 19.1 Å². The maximum atomic E-state index is 12.0. The first-order valence-corrected chi connectivity index (χ1v) is 8.44. The Morgan fingerprint density at radius 3 is 2.58 bits per heavy atom. The molecule has 0 aliphatic rings. The molecule has 102 valence electrons. The predicted octanol–water partition coefficient (Wildman–Crippen LogP) is 2.23. The summed E-state index contributed by atoms with van der Waals surface area (Å²) in [5.41, 5.74) is 2.87. The van der Waals surface area contributed by atoms with Crippen LogP contribution in [0.5, 0.6) is 0 Å². The Kier molecular flexibility index (Phi) is 4.68. The van der Waals surface area contributed by atoms with Crippen molar-refractivity contribution >= 4 is 21.4 Å². The average molecular weight is 296 g/mol. The van der Waals surface area contributed by atoms with E-state index in [0.29, 0.717) is 17.9 Å². The van der Waals surface area contributed by atoms with Crippen molar-refractivity contribution in [1.82, 2.24) is 9.71 Å². The lowest BCUT2D eigenvalue weighted by molar-refractivity contribution is 0.582. The summed E-state index contributed by atoms with van der Waals surface area (Å²) in [6, 6.07) is 6.98. The van der Waals surface area contributed by atoms with Crippen molar-refractivity contribution in [3.05, 3.63) is 46.4 Å². The number of nitrogens with one attached hydrogen (secondary N) is 1. The number of nitrogens with zero attached hydrogens (tertiary/aromatic N) is 1. The van der Waals surface area contributed by atoms with Gasteiger partial charge in [0.25, 0.3) is 0 Å². The summed E-state index contributed by atoms with van der Waals surface area (Å²) in [4.78, 5) is 5.34. The Morgan fingerprint density at radius 1 is 1.26 bits per heavy atom. The highest BCUT2D eigenvalue weighted by atomic mass is 32.2. The Morgan fingerprint density at radius 2 is 2.00 bits per heavy atom. The highest BCUT2D eigenvalue weighted by Crippen LogP contribution is 2.11. The maximum absolute atomic E-state index is 12.0. The normalized spacial score (nSPS) is 11.6. The molecule has 0 fully saturated rings. The SMILES string of the molecule is CCc1ccc(S(=O)(=O)NCCc2cncs2)cc1. The molecule has 1 aromatic heterocycles. The summed E-state index contributed by atoms with van der Waals surface area (Å²) in [5.74, 6) is 0. The van der Waals surface area contributed by atoms with Crippen molar-refractivity contribution in [1.29, 1.82) is 0 Å². The Bertz CT molecular complexity index is 605. The molecule has 0 bridgehead atoms. The van der Waals surface area contributed by atoms with Crippen LogP contribution in [-0.4, -0.2) is 19.9 Å². The fourth-order valence-corrected chi connectivity index (χ4v) is 3.29. The van der Waals surface area contributed by atoms with Crippen LogP contribution >= 0.6 is 11.3 Å². The lowest BCUT2D eigenvalue weighted by Crippen LogP contribution is -2.25. The van der Waals surface area contributed by atoms with Gasteiger partial charge in [0.1, 0.15) is 0 Å². The standard InChI is InChI=1S/C13H16N2O2S2/c1-2-11-3-5-13(6-4-11)19(16,17)15-8-7-12-9-14-10-18-12/h3-6,9-10,15H,2,7-8H2,1H3. The van der Waals surface area contributed by atoms with Crippen molar-refractivity contribution in [2.45, 2.75) is 24.7 Å². The van der Waals surface area contributed by atoms with Crippen LogP contribution in [0.15, 0.2) is 40.9 Å². The highest BCUT2D eigenvalue weighted by Gasteiger charge is 2.12. The van der Waals surface area contributed by atoms with Crippen molar-refractivity contribution in [2.75, 3.05) is 6.54 Å². The summed E-state index contributed by atoms with van der Waals surface area (Å²) >= 11 is 1.53. The van der Waals surface area contributed by atoms with Crippen LogP contribution in [0.1, 0.15) is 17.4 Å². The van der Waals surface area contributed by atoms with Gasteiger partial charge in [-0.15, -0.1) is 11.3 Å². The largest absolute Gasteiger partial charge is 0.253 e. The van der Waals surface area contributed by atoms with Crippen LogP contribution < -0.4 is 4.72 Å². The number of aryl methyl sites for hydroxylation is 1. The zero-order chi connectivity index (χ0) is 13.7. The maximum Gasteiger partial charge on any atom is 0.240 e. The van der Waals surface area contributed by atoms with Crippen LogP contribution in [0.4, 0.5) is 0 Å². The molecule has 0 spiro atoms. The summed E-state index contributed by atoms with van der Waals surface area (Å²) in [6.45, 7) is 2.43. The van der Waals surface area contributed by atoms with Gasteiger partial charge in [-0.05, 0) is 30.5 Å². The van der Waals surface area contributed by atoms with Crippen molar-refractivity contribution in [3.8, 4) is 0 Å². The van der Waals surface area contributed by atoms with Crippen LogP contribution in [0.2, 0.25) is 0 Å². The summed E-state index contributed by atoms with van der Waals surface area (Å²) in [5, 5.41) is 0. The molecule has 0 unspecified atom stereocenters. The van der Waals surface area contributed by atoms with Crippen LogP contribution in [-0.2, 0) is 22.9 Å². The van der Waals surface area contributed by atoms with E-state index in [1.165, 1.54) is 11.3 Å². The van der Waals surface area contributed by atoms with Gasteiger partial charge < -0.3 is 0 Å². The molecule has 0 saturated carbocycles. The van der Waals surface area contributed by atoms with E-state index < -0.39 is 10.0 Å². The molecule has 0 atom stereocenters. The molecule has 1 heterocycles. The highest BCUT2D eigenvalue weighted by molar-refractivity contribution is 7.89. The van der Waals surface area contributed by atoms with Crippen LogP contribution in [0.3, 0.4) is 0 Å². The molecule has 4 nitrogen and oxygen atoms in total. The van der Waals surface area contributed by atoms with Gasteiger partial charge >= 0.3 is 0 Å². The third-order valence-corrected chi connectivity index (χ3v) is 5.11. The van der Waals surface area contributed by atoms with E-state index in [4.69, 9.17) is 0 Å². The zero-order valence-electron chi connectivity index (χ0n) is 10.7. The molecule has 0 amide bonds. The van der Waals surface area contributed by atoms with E-state index in [1.54, 1.807) is 23.8 Å². The molecule has 1 N–H and O–H groups in total. The molecule has 0 saturated heterocycles. The second-order valence-corrected chi connectivity index (χ2v) is 6.85. The van der Waals surface area contributed by atoms with E-state index >= 15 is 0 Å². The Balaban J connectivity index is 1.97. The molecule has 6 heteroatoms. The molecule has 2 aromatic rings. The number of hydrogen-bond donors (Lipinski definition) is 1. The van der Waals surface area contributed by atoms with Gasteiger partial charge in [0.2, 0.25) is 10.0 Å². The monoisotopic (exact) mass is 296 g/mol. The fraction of sp³-hybridized carbons (Fsp3) is 0.308. The third-order valence-electron chi connectivity index (χ3n) is 2.79. The van der Waals surface area contributed by atoms with Crippen molar-refractivity contribution in [3.63, 3.8) is 0 Å². The number of thiazole rings is 1. The first-order valence-electron chi connectivity index (χ1n) is 6.08. The lowest BCUT2D eigenvalue weighted by atomic mass is 10.2. The number of benzene rings is 1. The minimum absolute atomic E-state index is 0.314. The summed E-state index contributed by atoms with van der Waals surface area (Å²) < 4.78 is 26.7. The van der Waals surface area contributed by atoms with Gasteiger partial charge in [0, 0.05) is 17.6 Å². The average Bonchev–Trinajstić information content (AvgIpc) is 2.92. The second kappa shape index (κ2) is 6.27. The quantitative estimate of drug-likeness (QED) is 0.889. The van der Waals surface area contributed by atoms with Gasteiger partial charge in [0.05, 0.1) is 10.4 Å². The molecule has 1 aromatic carbocycles. The molecular weight excluding hydrogens is 280 g/mol. The molecular formula is C13H16N2O2S2. The first kappa shape index (κ1) is 14.2. The van der Waals surface area contributed by atoms with E-state index in [9.17, 15) is 8.42 Å². The molecule has 19 heavy (non-hydrogen) atoms. The topological polar surface area (TPSA) is 59.1 Å². The van der Waals surface area contributed by atoms with Crippen LogP contribution in [0.25, 0.3) is 0 Å². The first-order chi connectivity index (χ1) is 9.12. The number of hydrogen-bond acceptors (Lipinski definition) is 4. The van der Waals surface area contributed by atoms with Gasteiger partial charge in [-0.25, -0.2) is 13.1 Å². The molecule has 0 aliphatic heterocycles. The van der Waals surface area contributed by atoms with Crippen molar-refractivity contribution in [2.24, 2.45) is 0 Å². The molecule has 2 rings (SSSR count). The molecule has 0 aliphatic carbocycles. The third kappa shape index (κ3) is 3.86. The van der Waals surface area contributed by atoms with Gasteiger partial charge in [-0.2, -0.15) is 0 Å². The lowest BCUT2D eigenvalue weighted by Gasteiger charge is -2.06. The number of rotatable bonds is 6. The van der Waals surface area contributed by atoms with E-state index in [2.05, 4.69) is 9.71 Å². The minimum Gasteiger partial charge on any atom is -0.253 e. The number of aromatic nitrogens is 1. The molecule has 0 radical (unpaired) electrons. The van der Waals surface area contributed by atoms with Crippen molar-refractivity contribution < 1.29 is 8.42 Å². The summed E-state index contributed by atoms with van der Waals surface area (Å²) in [7, 11) is -3.40. The summed E-state index contributed by atoms with van der Waals surface area (Å²) in [6.07, 6.45) is 3.32. The zero-order valence-corrected chi connectivity index (χ0v) is 12.3.